The van der Waals surface area contributed by atoms with Crippen LogP contribution in [0.5, 0.6) is 5.75 Å². The summed E-state index contributed by atoms with van der Waals surface area (Å²) in [6, 6.07) is 10.5. The highest BCUT2D eigenvalue weighted by Gasteiger charge is 2.03. The molecule has 1 aromatic heterocycles. The number of thioether (sulfide) groups is 1. The molecule has 0 aliphatic rings. The lowest BCUT2D eigenvalue weighted by molar-refractivity contribution is 0.0696. The van der Waals surface area contributed by atoms with E-state index in [1.165, 1.54) is 4.90 Å². The average Bonchev–Trinajstić information content (AvgIpc) is 2.48. The van der Waals surface area contributed by atoms with Crippen molar-refractivity contribution in [1.82, 2.24) is 4.98 Å². The van der Waals surface area contributed by atoms with E-state index in [4.69, 9.17) is 9.84 Å². The molecule has 4 nitrogen and oxygen atoms in total. The van der Waals surface area contributed by atoms with Crippen LogP contribution in [0.4, 0.5) is 0 Å². The Hall–Kier alpha value is -2.01. The maximum absolute atomic E-state index is 10.8. The average molecular weight is 289 g/mol. The molecule has 0 saturated carbocycles. The molecular formula is C15H15NO3S. The zero-order valence-corrected chi connectivity index (χ0v) is 11.7. The largest absolute Gasteiger partial charge is 0.494 e. The lowest BCUT2D eigenvalue weighted by Crippen LogP contribution is -2.01. The van der Waals surface area contributed by atoms with Gasteiger partial charge in [-0.05, 0) is 36.8 Å². The molecule has 0 amide bonds. The Balaban J connectivity index is 1.71. The van der Waals surface area contributed by atoms with Crippen LogP contribution < -0.4 is 4.74 Å². The Bertz CT molecular complexity index is 560. The molecule has 0 saturated heterocycles. The lowest BCUT2D eigenvalue weighted by atomic mass is 10.2. The minimum absolute atomic E-state index is 0.244. The number of pyridine rings is 1. The normalized spacial score (nSPS) is 10.2. The highest BCUT2D eigenvalue weighted by atomic mass is 32.2. The summed E-state index contributed by atoms with van der Waals surface area (Å²) in [5.41, 5.74) is 0.244. The third kappa shape index (κ3) is 4.59. The van der Waals surface area contributed by atoms with Crippen molar-refractivity contribution in [1.29, 1.82) is 0 Å². The number of carboxylic acid groups (broad SMARTS) is 1. The maximum Gasteiger partial charge on any atom is 0.335 e. The molecule has 0 radical (unpaired) electrons. The summed E-state index contributed by atoms with van der Waals surface area (Å²) in [6.07, 6.45) is 4.44. The number of hydrogen-bond donors (Lipinski definition) is 1. The van der Waals surface area contributed by atoms with Crippen LogP contribution in [0.1, 0.15) is 16.8 Å². The molecule has 20 heavy (non-hydrogen) atoms. The predicted molar refractivity (Wildman–Crippen MR) is 78.5 cm³/mol. The van der Waals surface area contributed by atoms with Gasteiger partial charge in [0.15, 0.2) is 0 Å². The molecule has 0 spiro atoms. The summed E-state index contributed by atoms with van der Waals surface area (Å²) < 4.78 is 5.55. The Labute approximate surface area is 121 Å². The van der Waals surface area contributed by atoms with Gasteiger partial charge in [-0.1, -0.05) is 6.07 Å². The molecule has 2 aromatic rings. The van der Waals surface area contributed by atoms with Crippen molar-refractivity contribution in [3.63, 3.8) is 0 Å². The molecule has 0 atom stereocenters. The second-order valence-corrected chi connectivity index (χ2v) is 5.23. The van der Waals surface area contributed by atoms with Gasteiger partial charge in [-0.2, -0.15) is 0 Å². The van der Waals surface area contributed by atoms with Crippen LogP contribution in [-0.4, -0.2) is 28.4 Å². The van der Waals surface area contributed by atoms with Crippen LogP contribution in [-0.2, 0) is 0 Å². The van der Waals surface area contributed by atoms with Crippen molar-refractivity contribution in [2.75, 3.05) is 12.4 Å². The molecule has 1 N–H and O–H groups in total. The van der Waals surface area contributed by atoms with Gasteiger partial charge in [-0.25, -0.2) is 4.79 Å². The van der Waals surface area contributed by atoms with Crippen LogP contribution in [0.2, 0.25) is 0 Å². The summed E-state index contributed by atoms with van der Waals surface area (Å²) >= 11 is 1.75. The number of benzene rings is 1. The van der Waals surface area contributed by atoms with Crippen LogP contribution in [0.25, 0.3) is 0 Å². The number of nitrogens with zero attached hydrogens (tertiary/aromatic N) is 1. The standard InChI is InChI=1S/C15H15NO3S/c17-15(18)12-3-1-4-13(11-12)19-9-2-10-20-14-5-7-16-8-6-14/h1,3-8,11H,2,9-10H2,(H,17,18). The van der Waals surface area contributed by atoms with E-state index in [0.717, 1.165) is 12.2 Å². The van der Waals surface area contributed by atoms with Crippen LogP contribution in [0.3, 0.4) is 0 Å². The van der Waals surface area contributed by atoms with Crippen LogP contribution in [0.15, 0.2) is 53.7 Å². The fourth-order valence-corrected chi connectivity index (χ4v) is 2.40. The summed E-state index contributed by atoms with van der Waals surface area (Å²) in [6.45, 7) is 0.571. The highest BCUT2D eigenvalue weighted by molar-refractivity contribution is 7.99. The zero-order chi connectivity index (χ0) is 14.2. The minimum Gasteiger partial charge on any atom is -0.494 e. The number of carboxylic acids is 1. The van der Waals surface area contributed by atoms with Gasteiger partial charge in [0.05, 0.1) is 12.2 Å². The van der Waals surface area contributed by atoms with Crippen molar-refractivity contribution >= 4 is 17.7 Å². The number of rotatable bonds is 7. The Morgan fingerprint density at radius 3 is 2.80 bits per heavy atom. The molecule has 5 heteroatoms. The fourth-order valence-electron chi connectivity index (χ4n) is 1.59. The first-order valence-corrected chi connectivity index (χ1v) is 7.23. The predicted octanol–water partition coefficient (Wildman–Crippen LogP) is 3.34. The van der Waals surface area contributed by atoms with E-state index >= 15 is 0 Å². The number of aromatic carboxylic acids is 1. The van der Waals surface area contributed by atoms with E-state index in [9.17, 15) is 4.79 Å². The summed E-state index contributed by atoms with van der Waals surface area (Å²) in [4.78, 5) is 16.0. The molecule has 0 bridgehead atoms. The van der Waals surface area contributed by atoms with E-state index in [-0.39, 0.29) is 5.56 Å². The van der Waals surface area contributed by atoms with Gasteiger partial charge in [0.1, 0.15) is 5.75 Å². The zero-order valence-electron chi connectivity index (χ0n) is 10.9. The monoisotopic (exact) mass is 289 g/mol. The van der Waals surface area contributed by atoms with E-state index < -0.39 is 5.97 Å². The summed E-state index contributed by atoms with van der Waals surface area (Å²) in [5, 5.41) is 8.88. The molecular weight excluding hydrogens is 274 g/mol. The van der Waals surface area contributed by atoms with Gasteiger partial charge in [-0.3, -0.25) is 4.98 Å². The summed E-state index contributed by atoms with van der Waals surface area (Å²) in [7, 11) is 0. The van der Waals surface area contributed by atoms with E-state index in [2.05, 4.69) is 4.98 Å². The Kier molecular flexibility index (Phi) is 5.43. The summed E-state index contributed by atoms with van der Waals surface area (Å²) in [5.74, 6) is 0.602. The second-order valence-electron chi connectivity index (χ2n) is 4.07. The van der Waals surface area contributed by atoms with Gasteiger partial charge in [0.2, 0.25) is 0 Å². The van der Waals surface area contributed by atoms with Crippen molar-refractivity contribution in [2.45, 2.75) is 11.3 Å². The van der Waals surface area contributed by atoms with Crippen molar-refractivity contribution in [3.05, 3.63) is 54.4 Å². The van der Waals surface area contributed by atoms with Crippen molar-refractivity contribution in [3.8, 4) is 5.75 Å². The first-order valence-electron chi connectivity index (χ1n) is 6.25. The molecule has 0 unspecified atom stereocenters. The van der Waals surface area contributed by atoms with Gasteiger partial charge in [0.25, 0.3) is 0 Å². The number of ether oxygens (including phenoxy) is 1. The van der Waals surface area contributed by atoms with Crippen molar-refractivity contribution < 1.29 is 14.6 Å². The minimum atomic E-state index is -0.941. The molecule has 0 aliphatic heterocycles. The maximum atomic E-state index is 10.8. The molecule has 2 rings (SSSR count). The Morgan fingerprint density at radius 2 is 2.05 bits per heavy atom. The first kappa shape index (κ1) is 14.4. The van der Waals surface area contributed by atoms with E-state index in [0.29, 0.717) is 12.4 Å². The van der Waals surface area contributed by atoms with Gasteiger partial charge >= 0.3 is 5.97 Å². The molecule has 1 heterocycles. The lowest BCUT2D eigenvalue weighted by Gasteiger charge is -2.06. The van der Waals surface area contributed by atoms with Crippen LogP contribution in [0, 0.1) is 0 Å². The molecule has 104 valence electrons. The fraction of sp³-hybridized carbons (Fsp3) is 0.200. The first-order chi connectivity index (χ1) is 9.75. The Morgan fingerprint density at radius 1 is 1.25 bits per heavy atom. The third-order valence-electron chi connectivity index (χ3n) is 2.56. The number of carbonyl (C=O) groups is 1. The topological polar surface area (TPSA) is 59.4 Å². The molecule has 1 aromatic carbocycles. The quantitative estimate of drug-likeness (QED) is 0.625. The van der Waals surface area contributed by atoms with Crippen molar-refractivity contribution in [2.24, 2.45) is 0 Å². The van der Waals surface area contributed by atoms with E-state index in [1.807, 2.05) is 12.1 Å². The smallest absolute Gasteiger partial charge is 0.335 e. The van der Waals surface area contributed by atoms with E-state index in [1.54, 1.807) is 48.4 Å². The molecule has 0 aliphatic carbocycles. The highest BCUT2D eigenvalue weighted by Crippen LogP contribution is 2.18. The second kappa shape index (κ2) is 7.55. The molecule has 0 fully saturated rings. The number of aromatic nitrogens is 1. The van der Waals surface area contributed by atoms with Gasteiger partial charge in [0, 0.05) is 23.0 Å². The number of hydrogen-bond acceptors (Lipinski definition) is 4. The van der Waals surface area contributed by atoms with Crippen LogP contribution >= 0.6 is 11.8 Å². The van der Waals surface area contributed by atoms with Gasteiger partial charge < -0.3 is 9.84 Å². The SMILES string of the molecule is O=C(O)c1cccc(OCCCSc2ccncc2)c1. The third-order valence-corrected chi connectivity index (χ3v) is 3.66. The van der Waals surface area contributed by atoms with Gasteiger partial charge in [-0.15, -0.1) is 11.8 Å².